The minimum atomic E-state index is -0.316. The molecule has 27 heavy (non-hydrogen) atoms. The average Bonchev–Trinajstić information content (AvgIpc) is 3.07. The van der Waals surface area contributed by atoms with Crippen LogP contribution >= 0.6 is 19.3 Å². The fourth-order valence-electron chi connectivity index (χ4n) is 4.61. The molecule has 5 heteroatoms. The van der Waals surface area contributed by atoms with Gasteiger partial charge >= 0.3 is 0 Å². The highest BCUT2D eigenvalue weighted by Crippen LogP contribution is 2.50. The van der Waals surface area contributed by atoms with Crippen LogP contribution in [0.4, 0.5) is 0 Å². The smallest absolute Gasteiger partial charge is 0.262 e. The summed E-state index contributed by atoms with van der Waals surface area (Å²) < 4.78 is 1.75. The number of allylic oxidation sites excluding steroid dienone is 1. The summed E-state index contributed by atoms with van der Waals surface area (Å²) in [5.74, 6) is 0. The molecule has 1 fully saturated rings. The van der Waals surface area contributed by atoms with Crippen LogP contribution in [0.25, 0.3) is 17.0 Å². The lowest BCUT2D eigenvalue weighted by Crippen LogP contribution is -2.40. The van der Waals surface area contributed by atoms with Gasteiger partial charge in [0.15, 0.2) is 10.7 Å². The molecule has 3 nitrogen and oxygen atoms in total. The Morgan fingerprint density at radius 3 is 2.70 bits per heavy atom. The second-order valence-corrected chi connectivity index (χ2v) is 11.3. The lowest BCUT2D eigenvalue weighted by atomic mass is 9.68. The van der Waals surface area contributed by atoms with Crippen molar-refractivity contribution in [3.63, 3.8) is 0 Å². The zero-order chi connectivity index (χ0) is 19.2. The van der Waals surface area contributed by atoms with Crippen molar-refractivity contribution in [2.24, 2.45) is 0 Å². The van der Waals surface area contributed by atoms with Gasteiger partial charge in [-0.15, -0.1) is 0 Å². The van der Waals surface area contributed by atoms with Gasteiger partial charge in [0.05, 0.1) is 31.8 Å². The van der Waals surface area contributed by atoms with Gasteiger partial charge in [-0.2, -0.15) is 0 Å². The molecule has 0 N–H and O–H groups in total. The van der Waals surface area contributed by atoms with Crippen LogP contribution in [0.2, 0.25) is 0 Å². The van der Waals surface area contributed by atoms with E-state index in [2.05, 4.69) is 43.8 Å². The van der Waals surface area contributed by atoms with Gasteiger partial charge in [-0.05, 0) is 43.5 Å². The van der Waals surface area contributed by atoms with E-state index in [9.17, 15) is 4.79 Å². The van der Waals surface area contributed by atoms with Gasteiger partial charge in [0, 0.05) is 16.7 Å². The Labute approximate surface area is 166 Å². The SMILES string of the molecule is C=C(C)n1c(SC[P+](=C)C)nc2c(c1=O)C1(CCCC1)Cc1ccccc1-2. The molecular weight excluding hydrogens is 371 g/mol. The van der Waals surface area contributed by atoms with Gasteiger partial charge in [-0.3, -0.25) is 9.36 Å². The van der Waals surface area contributed by atoms with E-state index in [1.165, 1.54) is 18.4 Å². The molecule has 0 amide bonds. The first-order valence-corrected chi connectivity index (χ1v) is 12.6. The first-order chi connectivity index (χ1) is 12.9. The monoisotopic (exact) mass is 397 g/mol. The van der Waals surface area contributed by atoms with E-state index in [1.54, 1.807) is 16.3 Å². The summed E-state index contributed by atoms with van der Waals surface area (Å²) in [7, 11) is -0.316. The Kier molecular flexibility index (Phi) is 4.90. The van der Waals surface area contributed by atoms with Gasteiger partial charge in [-0.1, -0.05) is 43.7 Å². The summed E-state index contributed by atoms with van der Waals surface area (Å²) in [4.78, 5) is 18.8. The van der Waals surface area contributed by atoms with Crippen LogP contribution in [-0.4, -0.2) is 28.0 Å². The molecule has 2 aromatic rings. The molecule has 0 bridgehead atoms. The highest BCUT2D eigenvalue weighted by atomic mass is 32.2. The standard InChI is InChI=1S/C22H26N2OPS/c1-15(2)24-20(25)18-19(23-21(24)27-14-26(3)4)17-10-6-5-9-16(17)13-22(18)11-7-8-12-22/h5-6,9-10H,1,3,7-8,11-14H2,2,4H3/q+1. The maximum atomic E-state index is 13.7. The third-order valence-corrected chi connectivity index (χ3v) is 8.55. The highest BCUT2D eigenvalue weighted by molar-refractivity contribution is 8.04. The lowest BCUT2D eigenvalue weighted by molar-refractivity contribution is 0.422. The Morgan fingerprint density at radius 1 is 1.33 bits per heavy atom. The highest BCUT2D eigenvalue weighted by Gasteiger charge is 2.44. The molecule has 4 rings (SSSR count). The summed E-state index contributed by atoms with van der Waals surface area (Å²) in [6, 6.07) is 8.48. The number of nitrogens with zero attached hydrogens (tertiary/aromatic N) is 2. The predicted octanol–water partition coefficient (Wildman–Crippen LogP) is 5.36. The van der Waals surface area contributed by atoms with Crippen LogP contribution in [0.1, 0.15) is 43.7 Å². The van der Waals surface area contributed by atoms with Crippen LogP contribution < -0.4 is 5.56 Å². The van der Waals surface area contributed by atoms with Crippen molar-refractivity contribution in [2.75, 3.05) is 12.2 Å². The molecule has 1 heterocycles. The third-order valence-electron chi connectivity index (χ3n) is 5.74. The van der Waals surface area contributed by atoms with Gasteiger partial charge in [0.1, 0.15) is 0 Å². The van der Waals surface area contributed by atoms with Crippen molar-refractivity contribution in [1.29, 1.82) is 0 Å². The zero-order valence-corrected chi connectivity index (χ0v) is 17.8. The number of aromatic nitrogens is 2. The fraction of sp³-hybridized carbons (Fsp3) is 0.409. The minimum absolute atomic E-state index is 0.0577. The first kappa shape index (κ1) is 18.7. The molecule has 0 saturated heterocycles. The number of hydrogen-bond donors (Lipinski definition) is 0. The summed E-state index contributed by atoms with van der Waals surface area (Å²) in [6.07, 6.45) is 9.62. The largest absolute Gasteiger partial charge is 0.269 e. The second kappa shape index (κ2) is 7.07. The predicted molar refractivity (Wildman–Crippen MR) is 119 cm³/mol. The molecule has 1 aromatic carbocycles. The first-order valence-electron chi connectivity index (χ1n) is 9.49. The fourth-order valence-corrected chi connectivity index (χ4v) is 6.48. The molecule has 1 atom stereocenters. The van der Waals surface area contributed by atoms with Gasteiger partial charge in [0.25, 0.3) is 5.56 Å². The topological polar surface area (TPSA) is 34.9 Å². The van der Waals surface area contributed by atoms with E-state index in [1.807, 2.05) is 6.92 Å². The Balaban J connectivity index is 2.01. The van der Waals surface area contributed by atoms with E-state index in [-0.39, 0.29) is 18.5 Å². The Morgan fingerprint density at radius 2 is 2.04 bits per heavy atom. The van der Waals surface area contributed by atoms with E-state index < -0.39 is 0 Å². The van der Waals surface area contributed by atoms with Crippen molar-refractivity contribution in [3.8, 4) is 11.3 Å². The van der Waals surface area contributed by atoms with E-state index in [0.29, 0.717) is 0 Å². The molecule has 1 unspecified atom stereocenters. The maximum Gasteiger partial charge on any atom is 0.262 e. The quantitative estimate of drug-likeness (QED) is 0.396. The number of fused-ring (bicyclic) bond motifs is 4. The molecule has 1 aromatic heterocycles. The van der Waals surface area contributed by atoms with Gasteiger partial charge < -0.3 is 0 Å². The van der Waals surface area contributed by atoms with Gasteiger partial charge in [0.2, 0.25) is 0 Å². The molecular formula is C22H26N2OPS+. The minimum Gasteiger partial charge on any atom is -0.269 e. The van der Waals surface area contributed by atoms with E-state index in [4.69, 9.17) is 4.98 Å². The molecule has 2 aliphatic rings. The van der Waals surface area contributed by atoms with Crippen molar-refractivity contribution in [1.82, 2.24) is 9.55 Å². The second-order valence-electron chi connectivity index (χ2n) is 7.94. The Bertz CT molecular complexity index is 1000. The van der Waals surface area contributed by atoms with Crippen LogP contribution in [0.5, 0.6) is 0 Å². The summed E-state index contributed by atoms with van der Waals surface area (Å²) in [6.45, 7) is 8.13. The summed E-state index contributed by atoms with van der Waals surface area (Å²) in [5, 5.41) is 0.758. The Hall–Kier alpha value is -1.64. The summed E-state index contributed by atoms with van der Waals surface area (Å²) >= 11 is 1.63. The van der Waals surface area contributed by atoms with Crippen LogP contribution in [0, 0.1) is 0 Å². The number of benzene rings is 1. The van der Waals surface area contributed by atoms with Crippen molar-refractivity contribution < 1.29 is 0 Å². The van der Waals surface area contributed by atoms with Crippen molar-refractivity contribution in [2.45, 2.75) is 49.6 Å². The lowest BCUT2D eigenvalue weighted by Gasteiger charge is -2.36. The summed E-state index contributed by atoms with van der Waals surface area (Å²) in [5.41, 5.74) is 5.97. The number of rotatable bonds is 4. The maximum absolute atomic E-state index is 13.7. The molecule has 1 saturated carbocycles. The van der Waals surface area contributed by atoms with Crippen LogP contribution in [0.15, 0.2) is 40.8 Å². The molecule has 1 spiro atoms. The van der Waals surface area contributed by atoms with Crippen molar-refractivity contribution in [3.05, 3.63) is 52.3 Å². The van der Waals surface area contributed by atoms with Gasteiger partial charge in [-0.25, -0.2) is 4.98 Å². The van der Waals surface area contributed by atoms with Crippen molar-refractivity contribution >= 4 is 31.3 Å². The third kappa shape index (κ3) is 3.13. The van der Waals surface area contributed by atoms with Crippen LogP contribution in [-0.2, 0) is 11.8 Å². The van der Waals surface area contributed by atoms with Crippen LogP contribution in [0.3, 0.4) is 0 Å². The normalized spacial score (nSPS) is 17.5. The molecule has 140 valence electrons. The number of hydrogen-bond acceptors (Lipinski definition) is 3. The molecule has 2 aliphatic carbocycles. The molecule has 0 radical (unpaired) electrons. The number of thioether (sulfide) groups is 1. The zero-order valence-electron chi connectivity index (χ0n) is 16.1. The van der Waals surface area contributed by atoms with E-state index in [0.717, 1.165) is 52.4 Å². The average molecular weight is 398 g/mol. The van der Waals surface area contributed by atoms with E-state index >= 15 is 0 Å². The molecule has 0 aliphatic heterocycles.